The largest absolute Gasteiger partial charge is 0.365 e. The number of anilines is 1. The third kappa shape index (κ3) is 1.94. The second-order valence-electron chi connectivity index (χ2n) is 7.41. The van der Waals surface area contributed by atoms with Crippen LogP contribution in [-0.2, 0) is 0 Å². The van der Waals surface area contributed by atoms with Gasteiger partial charge < -0.3 is 9.88 Å². The standard InChI is InChI=1S/C17H23N5/c1-2-4-13(3-1)22-10-20-15-16(18-9-19-17(15)22)21-14-8-11-5-6-12(14)7-11/h9-14H,1-8H2,(H,18,19,21). The molecule has 3 aliphatic rings. The fraction of sp³-hybridized carbons (Fsp3) is 0.706. The summed E-state index contributed by atoms with van der Waals surface area (Å²) in [6, 6.07) is 1.17. The Morgan fingerprint density at radius 3 is 2.68 bits per heavy atom. The number of nitrogens with one attached hydrogen (secondary N) is 1. The maximum atomic E-state index is 4.64. The van der Waals surface area contributed by atoms with Gasteiger partial charge in [-0.1, -0.05) is 19.3 Å². The van der Waals surface area contributed by atoms with Crippen LogP contribution in [0.5, 0.6) is 0 Å². The van der Waals surface area contributed by atoms with E-state index in [0.29, 0.717) is 12.1 Å². The van der Waals surface area contributed by atoms with Gasteiger partial charge in [0.2, 0.25) is 0 Å². The number of hydrogen-bond donors (Lipinski definition) is 1. The van der Waals surface area contributed by atoms with Crippen LogP contribution in [0.25, 0.3) is 11.2 Å². The van der Waals surface area contributed by atoms with Crippen molar-refractivity contribution in [3.63, 3.8) is 0 Å². The summed E-state index contributed by atoms with van der Waals surface area (Å²) in [4.78, 5) is 13.7. The van der Waals surface area contributed by atoms with E-state index in [1.807, 2.05) is 6.33 Å². The normalized spacial score (nSPS) is 31.4. The van der Waals surface area contributed by atoms with Gasteiger partial charge in [-0.15, -0.1) is 0 Å². The molecule has 3 unspecified atom stereocenters. The zero-order valence-corrected chi connectivity index (χ0v) is 12.9. The van der Waals surface area contributed by atoms with Crippen LogP contribution in [0.1, 0.15) is 57.4 Å². The minimum Gasteiger partial charge on any atom is -0.365 e. The molecule has 0 spiro atoms. The molecule has 5 nitrogen and oxygen atoms in total. The molecular weight excluding hydrogens is 274 g/mol. The van der Waals surface area contributed by atoms with Crippen LogP contribution in [0.2, 0.25) is 0 Å². The molecule has 0 aromatic carbocycles. The summed E-state index contributed by atoms with van der Waals surface area (Å²) in [5.74, 6) is 2.72. The molecule has 1 N–H and O–H groups in total. The molecule has 0 aliphatic heterocycles. The Kier molecular flexibility index (Phi) is 2.88. The van der Waals surface area contributed by atoms with Crippen LogP contribution in [0.3, 0.4) is 0 Å². The lowest BCUT2D eigenvalue weighted by Crippen LogP contribution is -2.26. The summed E-state index contributed by atoms with van der Waals surface area (Å²) in [6.45, 7) is 0. The van der Waals surface area contributed by atoms with E-state index in [-0.39, 0.29) is 0 Å². The molecule has 3 aliphatic carbocycles. The first-order valence-corrected chi connectivity index (χ1v) is 8.82. The Labute approximate surface area is 130 Å². The number of imidazole rings is 1. The van der Waals surface area contributed by atoms with Crippen molar-refractivity contribution in [1.82, 2.24) is 19.5 Å². The lowest BCUT2D eigenvalue weighted by atomic mass is 9.95. The Morgan fingerprint density at radius 2 is 1.91 bits per heavy atom. The summed E-state index contributed by atoms with van der Waals surface area (Å²) in [7, 11) is 0. The molecule has 2 bridgehead atoms. The summed E-state index contributed by atoms with van der Waals surface area (Å²) < 4.78 is 2.27. The fourth-order valence-electron chi connectivity index (χ4n) is 5.00. The predicted molar refractivity (Wildman–Crippen MR) is 85.7 cm³/mol. The number of rotatable bonds is 3. The molecule has 2 heterocycles. The van der Waals surface area contributed by atoms with Crippen LogP contribution in [-0.4, -0.2) is 25.6 Å². The van der Waals surface area contributed by atoms with Gasteiger partial charge in [0, 0.05) is 12.1 Å². The average Bonchev–Trinajstić information content (AvgIpc) is 3.30. The van der Waals surface area contributed by atoms with Gasteiger partial charge in [0.15, 0.2) is 11.5 Å². The number of nitrogens with zero attached hydrogens (tertiary/aromatic N) is 4. The van der Waals surface area contributed by atoms with E-state index in [0.717, 1.165) is 28.8 Å². The number of hydrogen-bond acceptors (Lipinski definition) is 4. The molecule has 3 saturated carbocycles. The summed E-state index contributed by atoms with van der Waals surface area (Å²) in [5, 5.41) is 3.69. The molecule has 2 aromatic heterocycles. The molecule has 0 amide bonds. The Bertz CT molecular complexity index is 687. The maximum Gasteiger partial charge on any atom is 0.165 e. The smallest absolute Gasteiger partial charge is 0.165 e. The molecule has 5 rings (SSSR count). The summed E-state index contributed by atoms with van der Waals surface area (Å²) in [6.07, 6.45) is 14.4. The van der Waals surface area contributed by atoms with Gasteiger partial charge in [-0.25, -0.2) is 15.0 Å². The molecule has 0 radical (unpaired) electrons. The van der Waals surface area contributed by atoms with Gasteiger partial charge in [-0.2, -0.15) is 0 Å². The van der Waals surface area contributed by atoms with E-state index < -0.39 is 0 Å². The van der Waals surface area contributed by atoms with Crippen molar-refractivity contribution in [2.24, 2.45) is 11.8 Å². The van der Waals surface area contributed by atoms with Crippen molar-refractivity contribution < 1.29 is 0 Å². The van der Waals surface area contributed by atoms with Gasteiger partial charge in [-0.05, 0) is 43.9 Å². The minimum absolute atomic E-state index is 0.579. The highest BCUT2D eigenvalue weighted by Gasteiger charge is 2.39. The number of aromatic nitrogens is 4. The Morgan fingerprint density at radius 1 is 1.00 bits per heavy atom. The van der Waals surface area contributed by atoms with Crippen molar-refractivity contribution in [2.45, 2.75) is 63.5 Å². The predicted octanol–water partition coefficient (Wildman–Crippen LogP) is 3.54. The van der Waals surface area contributed by atoms with Crippen molar-refractivity contribution >= 4 is 17.0 Å². The van der Waals surface area contributed by atoms with E-state index in [9.17, 15) is 0 Å². The monoisotopic (exact) mass is 297 g/mol. The third-order valence-electron chi connectivity index (χ3n) is 6.14. The number of fused-ring (bicyclic) bond motifs is 3. The minimum atomic E-state index is 0.579. The van der Waals surface area contributed by atoms with Crippen molar-refractivity contribution in [2.75, 3.05) is 5.32 Å². The van der Waals surface area contributed by atoms with Gasteiger partial charge in [0.05, 0.1) is 6.33 Å². The highest BCUT2D eigenvalue weighted by Crippen LogP contribution is 2.45. The van der Waals surface area contributed by atoms with Gasteiger partial charge in [0.1, 0.15) is 11.8 Å². The second kappa shape index (κ2) is 4.93. The van der Waals surface area contributed by atoms with Crippen LogP contribution in [0.4, 0.5) is 5.82 Å². The first kappa shape index (κ1) is 12.9. The zero-order chi connectivity index (χ0) is 14.5. The van der Waals surface area contributed by atoms with E-state index in [4.69, 9.17) is 0 Å². The molecular formula is C17H23N5. The molecule has 5 heteroatoms. The second-order valence-corrected chi connectivity index (χ2v) is 7.41. The third-order valence-corrected chi connectivity index (χ3v) is 6.14. The lowest BCUT2D eigenvalue weighted by Gasteiger charge is -2.23. The van der Waals surface area contributed by atoms with Crippen molar-refractivity contribution in [1.29, 1.82) is 0 Å². The summed E-state index contributed by atoms with van der Waals surface area (Å²) >= 11 is 0. The quantitative estimate of drug-likeness (QED) is 0.941. The molecule has 2 aromatic rings. The van der Waals surface area contributed by atoms with E-state index >= 15 is 0 Å². The van der Waals surface area contributed by atoms with Crippen LogP contribution in [0.15, 0.2) is 12.7 Å². The van der Waals surface area contributed by atoms with Crippen LogP contribution in [0, 0.1) is 11.8 Å². The molecule has 3 atom stereocenters. The SMILES string of the molecule is c1nc(NC2CC3CCC2C3)c2ncn(C3CCCC3)c2n1. The topological polar surface area (TPSA) is 55.6 Å². The van der Waals surface area contributed by atoms with E-state index in [2.05, 4.69) is 24.8 Å². The van der Waals surface area contributed by atoms with Crippen molar-refractivity contribution in [3.05, 3.63) is 12.7 Å². The van der Waals surface area contributed by atoms with Crippen LogP contribution >= 0.6 is 0 Å². The molecule has 3 fully saturated rings. The highest BCUT2D eigenvalue weighted by atomic mass is 15.2. The zero-order valence-electron chi connectivity index (χ0n) is 12.9. The molecule has 116 valence electrons. The molecule has 0 saturated heterocycles. The maximum absolute atomic E-state index is 4.64. The van der Waals surface area contributed by atoms with E-state index in [1.165, 1.54) is 51.4 Å². The van der Waals surface area contributed by atoms with E-state index in [1.54, 1.807) is 6.33 Å². The average molecular weight is 297 g/mol. The van der Waals surface area contributed by atoms with Gasteiger partial charge >= 0.3 is 0 Å². The Hall–Kier alpha value is -1.65. The van der Waals surface area contributed by atoms with Crippen LogP contribution < -0.4 is 5.32 Å². The first-order chi connectivity index (χ1) is 10.9. The van der Waals surface area contributed by atoms with Gasteiger partial charge in [0.25, 0.3) is 0 Å². The lowest BCUT2D eigenvalue weighted by molar-refractivity contribution is 0.439. The van der Waals surface area contributed by atoms with Crippen molar-refractivity contribution in [3.8, 4) is 0 Å². The summed E-state index contributed by atoms with van der Waals surface area (Å²) in [5.41, 5.74) is 1.96. The first-order valence-electron chi connectivity index (χ1n) is 8.82. The Balaban J connectivity index is 1.46. The highest BCUT2D eigenvalue weighted by molar-refractivity contribution is 5.82. The van der Waals surface area contributed by atoms with Gasteiger partial charge in [-0.3, -0.25) is 0 Å². The molecule has 22 heavy (non-hydrogen) atoms. The fourth-order valence-corrected chi connectivity index (χ4v) is 5.00.